The lowest BCUT2D eigenvalue weighted by Crippen LogP contribution is -2.53. The van der Waals surface area contributed by atoms with Gasteiger partial charge in [0.1, 0.15) is 0 Å². The summed E-state index contributed by atoms with van der Waals surface area (Å²) in [6.07, 6.45) is 0.991. The predicted octanol–water partition coefficient (Wildman–Crippen LogP) is 3.40. The van der Waals surface area contributed by atoms with Gasteiger partial charge in [0, 0.05) is 12.0 Å². The van der Waals surface area contributed by atoms with E-state index < -0.39 is 0 Å². The van der Waals surface area contributed by atoms with E-state index in [-0.39, 0.29) is 12.0 Å². The molecular weight excluding hydrogens is 236 g/mol. The summed E-state index contributed by atoms with van der Waals surface area (Å²) in [6.45, 7) is 10.5. The minimum Gasteiger partial charge on any atom is -0.396 e. The topological polar surface area (TPSA) is 29.5 Å². The maximum Gasteiger partial charge on any atom is 0.0589 e. The highest BCUT2D eigenvalue weighted by atomic mass is 16.5. The van der Waals surface area contributed by atoms with Crippen LogP contribution in [0.2, 0.25) is 0 Å². The van der Waals surface area contributed by atoms with Crippen LogP contribution >= 0.6 is 0 Å². The number of hydrogen-bond acceptors (Lipinski definition) is 2. The Bertz CT molecular complexity index is 429. The Morgan fingerprint density at radius 1 is 1.32 bits per heavy atom. The van der Waals surface area contributed by atoms with Crippen LogP contribution in [0.5, 0.6) is 0 Å². The van der Waals surface area contributed by atoms with Gasteiger partial charge in [-0.25, -0.2) is 0 Å². The molecule has 1 saturated heterocycles. The number of hydrogen-bond donors (Lipinski definition) is 1. The van der Waals surface area contributed by atoms with Crippen molar-refractivity contribution in [1.82, 2.24) is 0 Å². The molecule has 2 heteroatoms. The molecule has 0 spiro atoms. The van der Waals surface area contributed by atoms with Gasteiger partial charge < -0.3 is 9.84 Å². The van der Waals surface area contributed by atoms with Crippen molar-refractivity contribution in [2.75, 3.05) is 19.8 Å². The molecule has 1 N–H and O–H groups in total. The summed E-state index contributed by atoms with van der Waals surface area (Å²) in [4.78, 5) is 0. The van der Waals surface area contributed by atoms with Crippen molar-refractivity contribution in [1.29, 1.82) is 0 Å². The summed E-state index contributed by atoms with van der Waals surface area (Å²) in [6, 6.07) is 6.77. The molecular formula is C17H26O2. The van der Waals surface area contributed by atoms with Crippen molar-refractivity contribution in [3.05, 3.63) is 34.9 Å². The van der Waals surface area contributed by atoms with Crippen LogP contribution in [0, 0.1) is 12.8 Å². The van der Waals surface area contributed by atoms with Crippen LogP contribution in [0.4, 0.5) is 0 Å². The Hall–Kier alpha value is -0.860. The SMILES string of the molecule is CCC(CO)C1(c2cc(C(C)C)ccc2C)COC1. The molecule has 1 aromatic carbocycles. The van der Waals surface area contributed by atoms with E-state index in [9.17, 15) is 5.11 Å². The van der Waals surface area contributed by atoms with Crippen molar-refractivity contribution in [2.45, 2.75) is 45.4 Å². The fourth-order valence-electron chi connectivity index (χ4n) is 3.16. The van der Waals surface area contributed by atoms with Crippen LogP contribution in [-0.4, -0.2) is 24.9 Å². The summed E-state index contributed by atoms with van der Waals surface area (Å²) in [5.41, 5.74) is 4.10. The summed E-state index contributed by atoms with van der Waals surface area (Å²) in [5.74, 6) is 0.828. The highest BCUT2D eigenvalue weighted by molar-refractivity contribution is 5.40. The minimum atomic E-state index is 0.0263. The molecule has 19 heavy (non-hydrogen) atoms. The quantitative estimate of drug-likeness (QED) is 0.881. The second kappa shape index (κ2) is 5.64. The highest BCUT2D eigenvalue weighted by Gasteiger charge is 2.46. The number of ether oxygens (including phenoxy) is 1. The molecule has 106 valence electrons. The van der Waals surface area contributed by atoms with Gasteiger partial charge in [0.05, 0.1) is 13.2 Å². The smallest absolute Gasteiger partial charge is 0.0589 e. The van der Waals surface area contributed by atoms with Gasteiger partial charge in [-0.3, -0.25) is 0 Å². The zero-order chi connectivity index (χ0) is 14.0. The second-order valence-corrected chi connectivity index (χ2v) is 6.17. The zero-order valence-electron chi connectivity index (χ0n) is 12.6. The average molecular weight is 262 g/mol. The number of aliphatic hydroxyl groups is 1. The largest absolute Gasteiger partial charge is 0.396 e. The third-order valence-corrected chi connectivity index (χ3v) is 4.68. The van der Waals surface area contributed by atoms with Crippen molar-refractivity contribution in [3.63, 3.8) is 0 Å². The van der Waals surface area contributed by atoms with Crippen molar-refractivity contribution in [3.8, 4) is 0 Å². The van der Waals surface area contributed by atoms with Crippen LogP contribution in [0.3, 0.4) is 0 Å². The Morgan fingerprint density at radius 2 is 2.00 bits per heavy atom. The van der Waals surface area contributed by atoms with Crippen LogP contribution in [0.15, 0.2) is 18.2 Å². The lowest BCUT2D eigenvalue weighted by molar-refractivity contribution is -0.101. The molecule has 0 radical (unpaired) electrons. The predicted molar refractivity (Wildman–Crippen MR) is 78.6 cm³/mol. The first-order chi connectivity index (χ1) is 9.05. The van der Waals surface area contributed by atoms with Crippen LogP contribution in [0.1, 0.15) is 49.8 Å². The number of aryl methyl sites for hydroxylation is 1. The number of rotatable bonds is 5. The third-order valence-electron chi connectivity index (χ3n) is 4.68. The van der Waals surface area contributed by atoms with Gasteiger partial charge in [0.2, 0.25) is 0 Å². The number of aliphatic hydroxyl groups excluding tert-OH is 1. The van der Waals surface area contributed by atoms with Gasteiger partial charge in [-0.1, -0.05) is 45.4 Å². The van der Waals surface area contributed by atoms with Gasteiger partial charge in [0.25, 0.3) is 0 Å². The molecule has 0 aliphatic carbocycles. The molecule has 1 aliphatic rings. The van der Waals surface area contributed by atoms with E-state index in [1.165, 1.54) is 16.7 Å². The van der Waals surface area contributed by atoms with Gasteiger partial charge in [-0.2, -0.15) is 0 Å². The molecule has 0 bridgehead atoms. The van der Waals surface area contributed by atoms with E-state index in [0.29, 0.717) is 11.8 Å². The van der Waals surface area contributed by atoms with Gasteiger partial charge >= 0.3 is 0 Å². The maximum atomic E-state index is 9.70. The lowest BCUT2D eigenvalue weighted by atomic mass is 9.66. The minimum absolute atomic E-state index is 0.0263. The van der Waals surface area contributed by atoms with Crippen LogP contribution in [0.25, 0.3) is 0 Å². The van der Waals surface area contributed by atoms with E-state index in [1.807, 2.05) is 0 Å². The van der Waals surface area contributed by atoms with Crippen molar-refractivity contribution in [2.24, 2.45) is 5.92 Å². The second-order valence-electron chi connectivity index (χ2n) is 6.17. The summed E-state index contributed by atoms with van der Waals surface area (Å²) in [5, 5.41) is 9.70. The van der Waals surface area contributed by atoms with Crippen LogP contribution < -0.4 is 0 Å². The van der Waals surface area contributed by atoms with Crippen molar-refractivity contribution < 1.29 is 9.84 Å². The Kier molecular flexibility index (Phi) is 4.32. The summed E-state index contributed by atoms with van der Waals surface area (Å²) >= 11 is 0. The Labute approximate surface area is 116 Å². The first kappa shape index (κ1) is 14.5. The monoisotopic (exact) mass is 262 g/mol. The van der Waals surface area contributed by atoms with Gasteiger partial charge in [-0.05, 0) is 35.4 Å². The first-order valence-corrected chi connectivity index (χ1v) is 7.34. The molecule has 1 unspecified atom stereocenters. The molecule has 1 atom stereocenters. The zero-order valence-corrected chi connectivity index (χ0v) is 12.6. The molecule has 1 aromatic rings. The van der Waals surface area contributed by atoms with Crippen LogP contribution in [-0.2, 0) is 10.2 Å². The molecule has 2 rings (SSSR count). The van der Waals surface area contributed by atoms with Crippen molar-refractivity contribution >= 4 is 0 Å². The van der Waals surface area contributed by atoms with E-state index >= 15 is 0 Å². The summed E-state index contributed by atoms with van der Waals surface area (Å²) < 4.78 is 5.52. The standard InChI is InChI=1S/C17H26O2/c1-5-15(9-18)17(10-19-11-17)16-8-14(12(2)3)7-6-13(16)4/h6-8,12,15,18H,5,9-11H2,1-4H3. The molecule has 0 amide bonds. The average Bonchev–Trinajstić information content (AvgIpc) is 2.34. The molecule has 2 nitrogen and oxygen atoms in total. The van der Waals surface area contributed by atoms with Gasteiger partial charge in [-0.15, -0.1) is 0 Å². The molecule has 1 heterocycles. The normalized spacial score (nSPS) is 19.3. The maximum absolute atomic E-state index is 9.70. The molecule has 1 aliphatic heterocycles. The number of benzene rings is 1. The van der Waals surface area contributed by atoms with E-state index in [0.717, 1.165) is 19.6 Å². The van der Waals surface area contributed by atoms with E-state index in [2.05, 4.69) is 45.9 Å². The molecule has 1 fully saturated rings. The Morgan fingerprint density at radius 3 is 2.42 bits per heavy atom. The third kappa shape index (κ3) is 2.44. The Balaban J connectivity index is 2.45. The summed E-state index contributed by atoms with van der Waals surface area (Å²) in [7, 11) is 0. The lowest BCUT2D eigenvalue weighted by Gasteiger charge is -2.48. The van der Waals surface area contributed by atoms with Gasteiger partial charge in [0.15, 0.2) is 0 Å². The first-order valence-electron chi connectivity index (χ1n) is 7.34. The molecule has 0 saturated carbocycles. The fraction of sp³-hybridized carbons (Fsp3) is 0.647. The molecule has 0 aromatic heterocycles. The van der Waals surface area contributed by atoms with E-state index in [1.54, 1.807) is 0 Å². The fourth-order valence-corrected chi connectivity index (χ4v) is 3.16. The highest BCUT2D eigenvalue weighted by Crippen LogP contribution is 2.43. The van der Waals surface area contributed by atoms with E-state index in [4.69, 9.17) is 4.74 Å².